The van der Waals surface area contributed by atoms with Gasteiger partial charge in [0.15, 0.2) is 11.4 Å². The molecule has 0 amide bonds. The number of nitrogen functional groups attached to an aromatic ring is 1. The Morgan fingerprint density at radius 3 is 2.75 bits per heavy atom. The average molecular weight is 549 g/mol. The van der Waals surface area contributed by atoms with E-state index in [1.165, 1.54) is 6.07 Å². The van der Waals surface area contributed by atoms with Crippen LogP contribution in [0.15, 0.2) is 53.4 Å². The first-order chi connectivity index (χ1) is 19.5. The second kappa shape index (κ2) is 10.8. The number of imidazole rings is 1. The van der Waals surface area contributed by atoms with Gasteiger partial charge >= 0.3 is 5.97 Å². The predicted molar refractivity (Wildman–Crippen MR) is 146 cm³/mol. The van der Waals surface area contributed by atoms with Gasteiger partial charge in [0, 0.05) is 51.8 Å². The minimum absolute atomic E-state index is 0.0223. The molecule has 5 heterocycles. The van der Waals surface area contributed by atoms with Crippen LogP contribution in [0.4, 0.5) is 16.0 Å². The standard InChI is InChI=1S/C27H29FN8O4/c28-19-15-18(39-13-2-4-24(37)38)5-6-21(19)34-10-7-33(8-11-34)9-12-35-17-30-25-22-16-20(23-3-1-14-40-23)32-36(22)27(29)31-26(25)35/h1,3,5-6,14-17H,2,4,7-13H2,(H2,29,31)(H,37,38). The second-order valence-corrected chi connectivity index (χ2v) is 9.67. The number of halogens is 1. The lowest BCUT2D eigenvalue weighted by atomic mass is 10.2. The van der Waals surface area contributed by atoms with E-state index in [0.29, 0.717) is 60.1 Å². The summed E-state index contributed by atoms with van der Waals surface area (Å²) in [5.74, 6) is 0.0955. The van der Waals surface area contributed by atoms with Crippen molar-refractivity contribution < 1.29 is 23.4 Å². The van der Waals surface area contributed by atoms with Crippen LogP contribution in [0.5, 0.6) is 5.75 Å². The van der Waals surface area contributed by atoms with Gasteiger partial charge in [0.25, 0.3) is 0 Å². The highest BCUT2D eigenvalue weighted by Gasteiger charge is 2.21. The molecule has 13 heteroatoms. The first kappa shape index (κ1) is 25.6. The molecule has 1 aliphatic heterocycles. The number of benzene rings is 1. The number of hydrogen-bond acceptors (Lipinski definition) is 9. The SMILES string of the molecule is Nc1nc2c(ncn2CCN2CCN(c3ccc(OCCCC(=O)O)cc3F)CC2)c2cc(-c3ccco3)nn12. The van der Waals surface area contributed by atoms with Gasteiger partial charge in [-0.15, -0.1) is 0 Å². The molecule has 5 aromatic rings. The summed E-state index contributed by atoms with van der Waals surface area (Å²) in [5.41, 5.74) is 9.61. The van der Waals surface area contributed by atoms with E-state index in [1.54, 1.807) is 29.2 Å². The van der Waals surface area contributed by atoms with Crippen LogP contribution in [-0.2, 0) is 11.3 Å². The third-order valence-electron chi connectivity index (χ3n) is 7.07. The fourth-order valence-electron chi connectivity index (χ4n) is 4.97. The maximum atomic E-state index is 14.8. The van der Waals surface area contributed by atoms with Crippen molar-refractivity contribution in [2.45, 2.75) is 19.4 Å². The van der Waals surface area contributed by atoms with Crippen LogP contribution in [0.2, 0.25) is 0 Å². The number of carboxylic acids is 1. The molecule has 40 heavy (non-hydrogen) atoms. The monoisotopic (exact) mass is 548 g/mol. The maximum Gasteiger partial charge on any atom is 0.303 e. The second-order valence-electron chi connectivity index (χ2n) is 9.67. The highest BCUT2D eigenvalue weighted by molar-refractivity contribution is 5.90. The molecule has 0 unspecified atom stereocenters. The fourth-order valence-corrected chi connectivity index (χ4v) is 4.97. The van der Waals surface area contributed by atoms with E-state index in [0.717, 1.165) is 25.2 Å². The lowest BCUT2D eigenvalue weighted by Gasteiger charge is -2.36. The lowest BCUT2D eigenvalue weighted by molar-refractivity contribution is -0.137. The minimum atomic E-state index is -0.875. The largest absolute Gasteiger partial charge is 0.493 e. The number of carboxylic acid groups (broad SMARTS) is 1. The fraction of sp³-hybridized carbons (Fsp3) is 0.333. The van der Waals surface area contributed by atoms with E-state index in [1.807, 2.05) is 27.7 Å². The molecule has 6 rings (SSSR count). The van der Waals surface area contributed by atoms with Crippen LogP contribution < -0.4 is 15.4 Å². The number of ether oxygens (including phenoxy) is 1. The van der Waals surface area contributed by atoms with Crippen LogP contribution in [0, 0.1) is 5.82 Å². The highest BCUT2D eigenvalue weighted by atomic mass is 19.1. The summed E-state index contributed by atoms with van der Waals surface area (Å²) in [4.78, 5) is 24.1. The molecule has 0 aliphatic carbocycles. The predicted octanol–water partition coefficient (Wildman–Crippen LogP) is 3.13. The van der Waals surface area contributed by atoms with Crippen molar-refractivity contribution in [1.82, 2.24) is 29.0 Å². The molecule has 3 N–H and O–H groups in total. The Bertz CT molecular complexity index is 1640. The summed E-state index contributed by atoms with van der Waals surface area (Å²) >= 11 is 0. The van der Waals surface area contributed by atoms with Crippen molar-refractivity contribution in [2.75, 3.05) is 50.0 Å². The molecule has 12 nitrogen and oxygen atoms in total. The number of aromatic nitrogens is 5. The van der Waals surface area contributed by atoms with Gasteiger partial charge in [0.05, 0.1) is 24.9 Å². The van der Waals surface area contributed by atoms with E-state index in [9.17, 15) is 9.18 Å². The Morgan fingerprint density at radius 2 is 2.00 bits per heavy atom. The van der Waals surface area contributed by atoms with E-state index >= 15 is 0 Å². The van der Waals surface area contributed by atoms with Gasteiger partial charge in [0.1, 0.15) is 28.3 Å². The number of carbonyl (C=O) groups is 1. The van der Waals surface area contributed by atoms with Gasteiger partial charge in [-0.1, -0.05) is 0 Å². The van der Waals surface area contributed by atoms with Crippen molar-refractivity contribution in [2.24, 2.45) is 0 Å². The first-order valence-electron chi connectivity index (χ1n) is 13.1. The summed E-state index contributed by atoms with van der Waals surface area (Å²) in [6.07, 6.45) is 3.77. The summed E-state index contributed by atoms with van der Waals surface area (Å²) < 4.78 is 29.3. The van der Waals surface area contributed by atoms with Crippen molar-refractivity contribution in [3.05, 3.63) is 54.8 Å². The van der Waals surface area contributed by atoms with Crippen molar-refractivity contribution in [3.63, 3.8) is 0 Å². The minimum Gasteiger partial charge on any atom is -0.493 e. The van der Waals surface area contributed by atoms with Gasteiger partial charge in [-0.05, 0) is 36.8 Å². The normalized spacial score (nSPS) is 14.4. The topological polar surface area (TPSA) is 140 Å². The van der Waals surface area contributed by atoms with Gasteiger partial charge in [0.2, 0.25) is 5.95 Å². The zero-order valence-electron chi connectivity index (χ0n) is 21.7. The molecule has 0 bridgehead atoms. The number of piperazine rings is 1. The molecule has 1 aliphatic rings. The molecule has 208 valence electrons. The number of nitrogens with two attached hydrogens (primary N) is 1. The number of nitrogens with zero attached hydrogens (tertiary/aromatic N) is 7. The summed E-state index contributed by atoms with van der Waals surface area (Å²) in [6, 6.07) is 10.4. The Morgan fingerprint density at radius 1 is 1.15 bits per heavy atom. The zero-order valence-corrected chi connectivity index (χ0v) is 21.7. The van der Waals surface area contributed by atoms with Gasteiger partial charge < -0.3 is 29.5 Å². The number of fused-ring (bicyclic) bond motifs is 3. The molecule has 4 aromatic heterocycles. The third-order valence-corrected chi connectivity index (χ3v) is 7.07. The Balaban J connectivity index is 1.06. The molecular weight excluding hydrogens is 519 g/mol. The lowest BCUT2D eigenvalue weighted by Crippen LogP contribution is -2.47. The maximum absolute atomic E-state index is 14.8. The van der Waals surface area contributed by atoms with E-state index in [4.69, 9.17) is 20.0 Å². The summed E-state index contributed by atoms with van der Waals surface area (Å²) in [5, 5.41) is 13.2. The van der Waals surface area contributed by atoms with Crippen LogP contribution in [0.1, 0.15) is 12.8 Å². The number of hydrogen-bond donors (Lipinski definition) is 2. The van der Waals surface area contributed by atoms with Gasteiger partial charge in [-0.25, -0.2) is 9.37 Å². The van der Waals surface area contributed by atoms with Crippen LogP contribution in [0.25, 0.3) is 28.1 Å². The van der Waals surface area contributed by atoms with Crippen LogP contribution in [0.3, 0.4) is 0 Å². The van der Waals surface area contributed by atoms with Gasteiger partial charge in [-0.3, -0.25) is 9.69 Å². The Labute approximate surface area is 228 Å². The Kier molecular flexibility index (Phi) is 6.95. The van der Waals surface area contributed by atoms with Crippen molar-refractivity contribution in [3.8, 4) is 17.2 Å². The third kappa shape index (κ3) is 5.15. The average Bonchev–Trinajstić information content (AvgIpc) is 3.70. The smallest absolute Gasteiger partial charge is 0.303 e. The number of rotatable bonds is 10. The summed E-state index contributed by atoms with van der Waals surface area (Å²) in [7, 11) is 0. The highest BCUT2D eigenvalue weighted by Crippen LogP contribution is 2.27. The number of furan rings is 1. The van der Waals surface area contributed by atoms with Crippen LogP contribution in [-0.4, -0.2) is 79.5 Å². The van der Waals surface area contributed by atoms with Crippen molar-refractivity contribution >= 4 is 34.3 Å². The molecule has 1 fully saturated rings. The Hall–Kier alpha value is -4.65. The number of aliphatic carboxylic acids is 1. The molecule has 1 aromatic carbocycles. The molecule has 0 saturated carbocycles. The molecule has 0 atom stereocenters. The molecule has 0 spiro atoms. The van der Waals surface area contributed by atoms with Crippen LogP contribution >= 0.6 is 0 Å². The van der Waals surface area contributed by atoms with Crippen molar-refractivity contribution in [1.29, 1.82) is 0 Å². The first-order valence-corrected chi connectivity index (χ1v) is 13.1. The van der Waals surface area contributed by atoms with Gasteiger partial charge in [-0.2, -0.15) is 14.6 Å². The van der Waals surface area contributed by atoms with E-state index in [2.05, 4.69) is 20.0 Å². The number of anilines is 2. The molecular formula is C27H29FN8O4. The van der Waals surface area contributed by atoms with E-state index in [-0.39, 0.29) is 24.8 Å². The zero-order chi connectivity index (χ0) is 27.6. The summed E-state index contributed by atoms with van der Waals surface area (Å²) in [6.45, 7) is 4.66. The molecule has 1 saturated heterocycles. The molecule has 0 radical (unpaired) electrons. The van der Waals surface area contributed by atoms with E-state index < -0.39 is 5.97 Å². The quantitative estimate of drug-likeness (QED) is 0.250.